The Morgan fingerprint density at radius 1 is 1.25 bits per heavy atom. The van der Waals surface area contributed by atoms with Gasteiger partial charge in [0, 0.05) is 57.7 Å². The highest BCUT2D eigenvalue weighted by molar-refractivity contribution is 5.81. The molecule has 32 heavy (non-hydrogen) atoms. The molecule has 7 nitrogen and oxygen atoms in total. The quantitative estimate of drug-likeness (QED) is 0.465. The Labute approximate surface area is 190 Å². The molecule has 1 heterocycles. The summed E-state index contributed by atoms with van der Waals surface area (Å²) in [5.41, 5.74) is 3.32. The van der Waals surface area contributed by atoms with Crippen molar-refractivity contribution in [1.82, 2.24) is 15.5 Å². The van der Waals surface area contributed by atoms with E-state index in [4.69, 9.17) is 9.47 Å². The maximum absolute atomic E-state index is 12.4. The topological polar surface area (TPSA) is 75.2 Å². The molecule has 1 amide bonds. The van der Waals surface area contributed by atoms with E-state index in [2.05, 4.69) is 28.6 Å². The van der Waals surface area contributed by atoms with Crippen LogP contribution in [-0.4, -0.2) is 50.1 Å². The van der Waals surface area contributed by atoms with Crippen molar-refractivity contribution < 1.29 is 14.3 Å². The van der Waals surface area contributed by atoms with E-state index in [0.717, 1.165) is 29.0 Å². The number of fused-ring (bicyclic) bond motifs is 1. The van der Waals surface area contributed by atoms with Crippen LogP contribution >= 0.6 is 0 Å². The number of aliphatic imine (C=N–C) groups is 1. The zero-order chi connectivity index (χ0) is 22.9. The first kappa shape index (κ1) is 23.4. The van der Waals surface area contributed by atoms with E-state index < -0.39 is 0 Å². The van der Waals surface area contributed by atoms with Crippen LogP contribution in [0.4, 0.5) is 0 Å². The van der Waals surface area contributed by atoms with Gasteiger partial charge in [0.15, 0.2) is 5.96 Å². The number of carbonyl (C=O) groups excluding carboxylic acids is 1. The highest BCUT2D eigenvalue weighted by atomic mass is 16.5. The molecule has 0 aromatic heterocycles. The molecular formula is C25H34N4O3. The number of guanidine groups is 1. The average Bonchev–Trinajstić information content (AvgIpc) is 3.15. The summed E-state index contributed by atoms with van der Waals surface area (Å²) in [4.78, 5) is 18.5. The minimum atomic E-state index is 0.0836. The van der Waals surface area contributed by atoms with Crippen LogP contribution < -0.4 is 20.1 Å². The fourth-order valence-electron chi connectivity index (χ4n) is 3.73. The van der Waals surface area contributed by atoms with E-state index in [-0.39, 0.29) is 12.0 Å². The fourth-order valence-corrected chi connectivity index (χ4v) is 3.73. The van der Waals surface area contributed by atoms with Crippen LogP contribution in [0.1, 0.15) is 37.0 Å². The lowest BCUT2D eigenvalue weighted by Gasteiger charge is -2.18. The second-order valence-electron chi connectivity index (χ2n) is 7.97. The molecule has 0 saturated carbocycles. The summed E-state index contributed by atoms with van der Waals surface area (Å²) >= 11 is 0. The predicted octanol–water partition coefficient (Wildman–Crippen LogP) is 3.12. The van der Waals surface area contributed by atoms with E-state index in [9.17, 15) is 4.79 Å². The molecule has 1 atom stereocenters. The van der Waals surface area contributed by atoms with Crippen molar-refractivity contribution in [3.8, 4) is 11.5 Å². The van der Waals surface area contributed by atoms with Crippen LogP contribution in [-0.2, 0) is 24.3 Å². The van der Waals surface area contributed by atoms with Crippen LogP contribution in [0.2, 0.25) is 0 Å². The third kappa shape index (κ3) is 6.39. The summed E-state index contributed by atoms with van der Waals surface area (Å²) in [6.45, 7) is 6.31. The van der Waals surface area contributed by atoms with Gasteiger partial charge >= 0.3 is 0 Å². The zero-order valence-electron chi connectivity index (χ0n) is 19.5. The number of amides is 1. The van der Waals surface area contributed by atoms with Crippen molar-refractivity contribution in [2.75, 3.05) is 27.2 Å². The van der Waals surface area contributed by atoms with Gasteiger partial charge in [-0.2, -0.15) is 0 Å². The van der Waals surface area contributed by atoms with E-state index in [1.807, 2.05) is 50.4 Å². The maximum Gasteiger partial charge on any atom is 0.224 e. The second kappa shape index (κ2) is 11.4. The standard InChI is InChI=1S/C25H34N4O3/c1-5-31-22-14-20-13-18(2)32-23(20)15-21(22)16-28-25(26-3)27-12-11-24(30)29(4)17-19-9-7-6-8-10-19/h6-10,14-15,18H,5,11-13,16-17H2,1-4H3,(H2,26,27,28). The van der Waals surface area contributed by atoms with Crippen molar-refractivity contribution in [3.05, 3.63) is 59.2 Å². The number of ether oxygens (including phenoxy) is 2. The molecule has 2 aromatic rings. The number of rotatable bonds is 9. The van der Waals surface area contributed by atoms with Gasteiger partial charge in [-0.3, -0.25) is 9.79 Å². The van der Waals surface area contributed by atoms with Gasteiger partial charge in [0.05, 0.1) is 6.61 Å². The van der Waals surface area contributed by atoms with E-state index in [0.29, 0.717) is 38.6 Å². The van der Waals surface area contributed by atoms with Crippen LogP contribution in [0.3, 0.4) is 0 Å². The van der Waals surface area contributed by atoms with Gasteiger partial charge in [-0.05, 0) is 31.5 Å². The van der Waals surface area contributed by atoms with Crippen LogP contribution in [0.5, 0.6) is 11.5 Å². The first-order chi connectivity index (χ1) is 15.5. The molecule has 7 heteroatoms. The van der Waals surface area contributed by atoms with Gasteiger partial charge < -0.3 is 25.0 Å². The number of hydrogen-bond donors (Lipinski definition) is 2. The number of nitrogens with zero attached hydrogens (tertiary/aromatic N) is 2. The molecule has 3 rings (SSSR count). The molecule has 1 aliphatic rings. The number of carbonyl (C=O) groups is 1. The molecule has 1 aliphatic heterocycles. The lowest BCUT2D eigenvalue weighted by Crippen LogP contribution is -2.39. The van der Waals surface area contributed by atoms with Crippen molar-refractivity contribution in [1.29, 1.82) is 0 Å². The SMILES string of the molecule is CCOc1cc2c(cc1CNC(=NC)NCCC(=O)N(C)Cc1ccccc1)OC(C)C2. The molecule has 1 unspecified atom stereocenters. The molecule has 172 valence electrons. The molecule has 0 fully saturated rings. The number of benzene rings is 2. The van der Waals surface area contributed by atoms with Gasteiger partial charge in [-0.1, -0.05) is 30.3 Å². The minimum Gasteiger partial charge on any atom is -0.494 e. The summed E-state index contributed by atoms with van der Waals surface area (Å²) in [7, 11) is 3.55. The van der Waals surface area contributed by atoms with Gasteiger partial charge in [-0.15, -0.1) is 0 Å². The Morgan fingerprint density at radius 2 is 2.03 bits per heavy atom. The summed E-state index contributed by atoms with van der Waals surface area (Å²) < 4.78 is 11.7. The first-order valence-corrected chi connectivity index (χ1v) is 11.2. The van der Waals surface area contributed by atoms with Gasteiger partial charge in [0.25, 0.3) is 0 Å². The predicted molar refractivity (Wildman–Crippen MR) is 127 cm³/mol. The summed E-state index contributed by atoms with van der Waals surface area (Å²) in [5, 5.41) is 6.53. The minimum absolute atomic E-state index is 0.0836. The lowest BCUT2D eigenvalue weighted by atomic mass is 10.1. The first-order valence-electron chi connectivity index (χ1n) is 11.2. The van der Waals surface area contributed by atoms with E-state index in [1.165, 1.54) is 5.56 Å². The Hall–Kier alpha value is -3.22. The molecule has 2 aromatic carbocycles. The monoisotopic (exact) mass is 438 g/mol. The Morgan fingerprint density at radius 3 is 2.75 bits per heavy atom. The largest absolute Gasteiger partial charge is 0.494 e. The summed E-state index contributed by atoms with van der Waals surface area (Å²) in [6, 6.07) is 14.1. The van der Waals surface area contributed by atoms with Crippen molar-refractivity contribution >= 4 is 11.9 Å². The number of hydrogen-bond acceptors (Lipinski definition) is 4. The third-order valence-corrected chi connectivity index (χ3v) is 5.37. The van der Waals surface area contributed by atoms with Gasteiger partial charge in [0.2, 0.25) is 5.91 Å². The van der Waals surface area contributed by atoms with Crippen LogP contribution in [0, 0.1) is 0 Å². The summed E-state index contributed by atoms with van der Waals surface area (Å²) in [6.07, 6.45) is 1.48. The fraction of sp³-hybridized carbons (Fsp3) is 0.440. The molecule has 2 N–H and O–H groups in total. The third-order valence-electron chi connectivity index (χ3n) is 5.37. The molecule has 0 bridgehead atoms. The van der Waals surface area contributed by atoms with Crippen LogP contribution in [0.25, 0.3) is 0 Å². The Balaban J connectivity index is 1.49. The van der Waals surface area contributed by atoms with Gasteiger partial charge in [-0.25, -0.2) is 0 Å². The van der Waals surface area contributed by atoms with Crippen LogP contribution in [0.15, 0.2) is 47.5 Å². The number of nitrogens with one attached hydrogen (secondary N) is 2. The molecule has 0 spiro atoms. The smallest absolute Gasteiger partial charge is 0.224 e. The molecule has 0 aliphatic carbocycles. The summed E-state index contributed by atoms with van der Waals surface area (Å²) in [5.74, 6) is 2.51. The highest BCUT2D eigenvalue weighted by Crippen LogP contribution is 2.35. The Bertz CT molecular complexity index is 930. The maximum atomic E-state index is 12.4. The highest BCUT2D eigenvalue weighted by Gasteiger charge is 2.22. The molecule has 0 saturated heterocycles. The molecular weight excluding hydrogens is 404 g/mol. The van der Waals surface area contributed by atoms with Crippen molar-refractivity contribution in [3.63, 3.8) is 0 Å². The average molecular weight is 439 g/mol. The Kier molecular flexibility index (Phi) is 8.36. The van der Waals surface area contributed by atoms with Crippen molar-refractivity contribution in [2.24, 2.45) is 4.99 Å². The lowest BCUT2D eigenvalue weighted by molar-refractivity contribution is -0.130. The van der Waals surface area contributed by atoms with E-state index >= 15 is 0 Å². The zero-order valence-corrected chi connectivity index (χ0v) is 19.5. The molecule has 0 radical (unpaired) electrons. The second-order valence-corrected chi connectivity index (χ2v) is 7.97. The van der Waals surface area contributed by atoms with Gasteiger partial charge in [0.1, 0.15) is 17.6 Å². The van der Waals surface area contributed by atoms with E-state index in [1.54, 1.807) is 11.9 Å². The van der Waals surface area contributed by atoms with Crippen molar-refractivity contribution in [2.45, 2.75) is 45.9 Å². The normalized spacial score (nSPS) is 15.0.